The summed E-state index contributed by atoms with van der Waals surface area (Å²) in [4.78, 5) is 4.14. The van der Waals surface area contributed by atoms with E-state index < -0.39 is 10.0 Å². The number of fused-ring (bicyclic) bond motifs is 1. The summed E-state index contributed by atoms with van der Waals surface area (Å²) < 4.78 is 26.1. The fourth-order valence-electron chi connectivity index (χ4n) is 2.32. The lowest BCUT2D eigenvalue weighted by atomic mass is 10.1. The van der Waals surface area contributed by atoms with Gasteiger partial charge < -0.3 is 5.73 Å². The molecular formula is C17H17N3O2S. The van der Waals surface area contributed by atoms with Gasteiger partial charge in [0.1, 0.15) is 0 Å². The molecule has 3 rings (SSSR count). The molecule has 23 heavy (non-hydrogen) atoms. The van der Waals surface area contributed by atoms with Crippen molar-refractivity contribution in [3.63, 3.8) is 0 Å². The van der Waals surface area contributed by atoms with Crippen LogP contribution >= 0.6 is 0 Å². The van der Waals surface area contributed by atoms with Crippen molar-refractivity contribution in [1.82, 2.24) is 8.96 Å². The van der Waals surface area contributed by atoms with Crippen LogP contribution in [-0.2, 0) is 16.6 Å². The van der Waals surface area contributed by atoms with Gasteiger partial charge in [0.2, 0.25) is 10.0 Å². The van der Waals surface area contributed by atoms with Crippen LogP contribution in [0, 0.1) is 0 Å². The lowest BCUT2D eigenvalue weighted by Gasteiger charge is -2.04. The molecule has 2 aromatic heterocycles. The molecule has 2 N–H and O–H groups in total. The van der Waals surface area contributed by atoms with E-state index in [1.807, 2.05) is 30.3 Å². The van der Waals surface area contributed by atoms with E-state index in [1.165, 1.54) is 10.2 Å². The van der Waals surface area contributed by atoms with Crippen LogP contribution in [0.25, 0.3) is 17.1 Å². The maximum Gasteiger partial charge on any atom is 0.243 e. The SMILES string of the molecule is NCc1ccc(C=CCS(=O)(=O)n2ccc3cccnc32)cc1. The predicted molar refractivity (Wildman–Crippen MR) is 92.3 cm³/mol. The van der Waals surface area contributed by atoms with E-state index in [0.717, 1.165) is 16.5 Å². The van der Waals surface area contributed by atoms with Gasteiger partial charge in [-0.25, -0.2) is 17.4 Å². The van der Waals surface area contributed by atoms with Gasteiger partial charge in [-0.05, 0) is 29.3 Å². The molecular weight excluding hydrogens is 310 g/mol. The number of nitrogens with zero attached hydrogens (tertiary/aromatic N) is 2. The normalized spacial score (nSPS) is 12.2. The Balaban J connectivity index is 1.79. The molecule has 0 saturated carbocycles. The Morgan fingerprint density at radius 2 is 1.91 bits per heavy atom. The van der Waals surface area contributed by atoms with Crippen LogP contribution in [-0.4, -0.2) is 23.1 Å². The number of hydrogen-bond acceptors (Lipinski definition) is 4. The number of pyridine rings is 1. The van der Waals surface area contributed by atoms with E-state index in [4.69, 9.17) is 5.73 Å². The average molecular weight is 327 g/mol. The third kappa shape index (κ3) is 3.33. The summed E-state index contributed by atoms with van der Waals surface area (Å²) in [5.41, 5.74) is 7.98. The maximum absolute atomic E-state index is 12.5. The van der Waals surface area contributed by atoms with E-state index in [9.17, 15) is 8.42 Å². The summed E-state index contributed by atoms with van der Waals surface area (Å²) in [7, 11) is -3.48. The minimum absolute atomic E-state index is 0.0913. The van der Waals surface area contributed by atoms with E-state index >= 15 is 0 Å². The fraction of sp³-hybridized carbons (Fsp3) is 0.118. The molecule has 0 radical (unpaired) electrons. The highest BCUT2D eigenvalue weighted by molar-refractivity contribution is 7.90. The zero-order valence-corrected chi connectivity index (χ0v) is 13.3. The molecule has 2 heterocycles. The Morgan fingerprint density at radius 3 is 2.65 bits per heavy atom. The van der Waals surface area contributed by atoms with Crippen LogP contribution in [0.4, 0.5) is 0 Å². The van der Waals surface area contributed by atoms with Crippen LogP contribution in [0.2, 0.25) is 0 Å². The van der Waals surface area contributed by atoms with E-state index in [0.29, 0.717) is 12.2 Å². The second-order valence-corrected chi connectivity index (χ2v) is 7.04. The summed E-state index contributed by atoms with van der Waals surface area (Å²) in [6.07, 6.45) is 6.55. The van der Waals surface area contributed by atoms with Crippen LogP contribution in [0.5, 0.6) is 0 Å². The highest BCUT2D eigenvalue weighted by Gasteiger charge is 2.14. The van der Waals surface area contributed by atoms with Crippen LogP contribution in [0.3, 0.4) is 0 Å². The van der Waals surface area contributed by atoms with Gasteiger partial charge in [-0.1, -0.05) is 36.4 Å². The van der Waals surface area contributed by atoms with Gasteiger partial charge in [0.25, 0.3) is 0 Å². The number of hydrogen-bond donors (Lipinski definition) is 1. The summed E-state index contributed by atoms with van der Waals surface area (Å²) in [6.45, 7) is 0.492. The molecule has 0 fully saturated rings. The average Bonchev–Trinajstić information content (AvgIpc) is 3.00. The first-order chi connectivity index (χ1) is 11.1. The fourth-order valence-corrected chi connectivity index (χ4v) is 3.48. The molecule has 0 bridgehead atoms. The van der Waals surface area contributed by atoms with Crippen molar-refractivity contribution >= 4 is 27.1 Å². The van der Waals surface area contributed by atoms with E-state index in [-0.39, 0.29) is 5.75 Å². The van der Waals surface area contributed by atoms with Crippen molar-refractivity contribution in [3.8, 4) is 0 Å². The molecule has 0 aliphatic carbocycles. The lowest BCUT2D eigenvalue weighted by Crippen LogP contribution is -2.14. The second-order valence-electron chi connectivity index (χ2n) is 5.15. The number of aromatic nitrogens is 2. The number of nitrogens with two attached hydrogens (primary N) is 1. The summed E-state index contributed by atoms with van der Waals surface area (Å²) in [6, 6.07) is 13.0. The Bertz CT molecular complexity index is 941. The first-order valence-electron chi connectivity index (χ1n) is 7.21. The smallest absolute Gasteiger partial charge is 0.243 e. The highest BCUT2D eigenvalue weighted by Crippen LogP contribution is 2.15. The Kier molecular flexibility index (Phi) is 4.27. The van der Waals surface area contributed by atoms with Gasteiger partial charge in [-0.15, -0.1) is 0 Å². The largest absolute Gasteiger partial charge is 0.326 e. The van der Waals surface area contributed by atoms with Crippen molar-refractivity contribution in [3.05, 3.63) is 72.1 Å². The number of rotatable bonds is 5. The number of benzene rings is 1. The van der Waals surface area contributed by atoms with E-state index in [1.54, 1.807) is 30.5 Å². The molecule has 0 atom stereocenters. The second kappa shape index (κ2) is 6.36. The molecule has 5 nitrogen and oxygen atoms in total. The van der Waals surface area contributed by atoms with Crippen molar-refractivity contribution in [2.75, 3.05) is 5.75 Å². The van der Waals surface area contributed by atoms with Gasteiger partial charge in [-0.3, -0.25) is 0 Å². The Labute approximate surface area is 135 Å². The molecule has 0 aliphatic heterocycles. The summed E-state index contributed by atoms with van der Waals surface area (Å²) >= 11 is 0. The van der Waals surface area contributed by atoms with Gasteiger partial charge in [-0.2, -0.15) is 0 Å². The molecule has 0 unspecified atom stereocenters. The van der Waals surface area contributed by atoms with Crippen molar-refractivity contribution in [2.24, 2.45) is 5.73 Å². The zero-order valence-electron chi connectivity index (χ0n) is 12.5. The third-order valence-corrected chi connectivity index (χ3v) is 5.06. The minimum atomic E-state index is -3.48. The lowest BCUT2D eigenvalue weighted by molar-refractivity contribution is 0.592. The molecule has 0 spiro atoms. The zero-order chi connectivity index (χ0) is 16.3. The minimum Gasteiger partial charge on any atom is -0.326 e. The summed E-state index contributed by atoms with van der Waals surface area (Å²) in [5.74, 6) is -0.0913. The Hall–Kier alpha value is -2.44. The Morgan fingerprint density at radius 1 is 1.13 bits per heavy atom. The first-order valence-corrected chi connectivity index (χ1v) is 8.82. The molecule has 3 aromatic rings. The monoisotopic (exact) mass is 327 g/mol. The topological polar surface area (TPSA) is 78.0 Å². The molecule has 6 heteroatoms. The molecule has 1 aromatic carbocycles. The molecule has 0 amide bonds. The first kappa shape index (κ1) is 15.5. The van der Waals surface area contributed by atoms with Gasteiger partial charge in [0.15, 0.2) is 5.65 Å². The van der Waals surface area contributed by atoms with Crippen LogP contribution < -0.4 is 5.73 Å². The molecule has 0 saturated heterocycles. The quantitative estimate of drug-likeness (QED) is 0.780. The van der Waals surface area contributed by atoms with Crippen molar-refractivity contribution in [1.29, 1.82) is 0 Å². The maximum atomic E-state index is 12.5. The van der Waals surface area contributed by atoms with Gasteiger partial charge in [0, 0.05) is 24.3 Å². The van der Waals surface area contributed by atoms with Crippen LogP contribution in [0.15, 0.2) is 60.9 Å². The predicted octanol–water partition coefficient (Wildman–Crippen LogP) is 2.39. The van der Waals surface area contributed by atoms with E-state index in [2.05, 4.69) is 4.98 Å². The van der Waals surface area contributed by atoms with Gasteiger partial charge in [0.05, 0.1) is 5.75 Å². The van der Waals surface area contributed by atoms with Gasteiger partial charge >= 0.3 is 0 Å². The highest BCUT2D eigenvalue weighted by atomic mass is 32.2. The van der Waals surface area contributed by atoms with Crippen LogP contribution in [0.1, 0.15) is 11.1 Å². The van der Waals surface area contributed by atoms with Crippen molar-refractivity contribution < 1.29 is 8.42 Å². The molecule has 0 aliphatic rings. The third-order valence-electron chi connectivity index (χ3n) is 3.55. The molecule has 118 valence electrons. The standard InChI is InChI=1S/C17H17N3O2S/c18-13-15-7-5-14(6-8-15)3-2-12-23(21,22)20-11-9-16-4-1-10-19-17(16)20/h1-11H,12-13,18H2. The summed E-state index contributed by atoms with van der Waals surface area (Å²) in [5, 5.41) is 0.803. The van der Waals surface area contributed by atoms with Crippen molar-refractivity contribution in [2.45, 2.75) is 6.54 Å².